The highest BCUT2D eigenvalue weighted by molar-refractivity contribution is 8.20. The Morgan fingerprint density at radius 3 is 1.50 bits per heavy atom. The van der Waals surface area contributed by atoms with Crippen molar-refractivity contribution in [1.82, 2.24) is 0 Å². The molecule has 5 nitrogen and oxygen atoms in total. The third-order valence-electron chi connectivity index (χ3n) is 5.13. The Hall–Kier alpha value is -1.15. The molecule has 0 radical (unpaired) electrons. The van der Waals surface area contributed by atoms with E-state index in [9.17, 15) is 0 Å². The molecule has 0 atom stereocenters. The minimum absolute atomic E-state index is 0.571. The van der Waals surface area contributed by atoms with Gasteiger partial charge in [0.1, 0.15) is 11.5 Å². The first kappa shape index (κ1) is 21.4. The normalized spacial score (nSPS) is 19.4. The summed E-state index contributed by atoms with van der Waals surface area (Å²) in [6.45, 7) is 0. The molecule has 6 rings (SSSR count). The minimum Gasteiger partial charge on any atom is -0.412 e. The highest BCUT2D eigenvalue weighted by atomic mass is 35.9. The second-order valence-corrected chi connectivity index (χ2v) is 19.2. The highest BCUT2D eigenvalue weighted by Gasteiger charge is 2.41. The third kappa shape index (κ3) is 3.60. The first-order chi connectivity index (χ1) is 15.2. The van der Waals surface area contributed by atoms with Gasteiger partial charge in [0.2, 0.25) is 0 Å². The summed E-state index contributed by atoms with van der Waals surface area (Å²) in [4.78, 5) is 0. The smallest absolute Gasteiger partial charge is 0.412 e. The van der Waals surface area contributed by atoms with Crippen LogP contribution in [0.1, 0.15) is 0 Å². The van der Waals surface area contributed by atoms with E-state index in [1.165, 1.54) is 0 Å². The molecule has 12 heteroatoms. The van der Waals surface area contributed by atoms with Gasteiger partial charge in [0.25, 0.3) is 11.8 Å². The molecule has 32 heavy (non-hydrogen) atoms. The van der Waals surface area contributed by atoms with Crippen molar-refractivity contribution in [2.75, 3.05) is 0 Å². The number of hydrogen-bond donors (Lipinski definition) is 0. The van der Waals surface area contributed by atoms with Crippen LogP contribution in [0.25, 0.3) is 32.7 Å². The van der Waals surface area contributed by atoms with E-state index < -0.39 is 19.5 Å². The van der Waals surface area contributed by atoms with Crippen LogP contribution >= 0.6 is 64.4 Å². The van der Waals surface area contributed by atoms with Gasteiger partial charge in [0.15, 0.2) is 0 Å². The zero-order valence-corrected chi connectivity index (χ0v) is 21.6. The quantitative estimate of drug-likeness (QED) is 0.201. The largest absolute Gasteiger partial charge is 0.453 e. The molecule has 1 spiro atoms. The van der Waals surface area contributed by atoms with Crippen molar-refractivity contribution < 1.29 is 9.05 Å². The third-order valence-corrected chi connectivity index (χ3v) is 16.1. The predicted octanol–water partition coefficient (Wildman–Crippen LogP) is 11.2. The topological polar surface area (TPSA) is 55.5 Å². The van der Waals surface area contributed by atoms with Crippen LogP contribution in [0.4, 0.5) is 0 Å². The van der Waals surface area contributed by atoms with E-state index in [2.05, 4.69) is 13.5 Å². The van der Waals surface area contributed by atoms with Crippen molar-refractivity contribution in [2.45, 2.75) is 0 Å². The molecular weight excluding hydrogens is 549 g/mol. The van der Waals surface area contributed by atoms with Gasteiger partial charge in [0.05, 0.1) is 0 Å². The van der Waals surface area contributed by atoms with E-state index in [0.717, 1.165) is 32.7 Å². The van der Waals surface area contributed by atoms with Crippen LogP contribution in [0, 0.1) is 0 Å². The molecule has 0 aromatic heterocycles. The maximum atomic E-state index is 6.51. The molecule has 0 saturated heterocycles. The number of hydrogen-bond acceptors (Lipinski definition) is 5. The standard InChI is InChI=1S/C20H12Cl4N3O2P3/c21-30(22)25-31(23,24)27-32(26-30)28-19-15-7-3-1-5-13(15)9-11-17(19)18-12-10-14-6-2-4-8-16(14)20(18)29-32/h1-12H. The fourth-order valence-electron chi connectivity index (χ4n) is 3.89. The van der Waals surface area contributed by atoms with Crippen LogP contribution in [0.3, 0.4) is 0 Å². The summed E-state index contributed by atoms with van der Waals surface area (Å²) in [7, 11) is -3.52. The van der Waals surface area contributed by atoms with Crippen LogP contribution in [0.15, 0.2) is 86.3 Å². The van der Waals surface area contributed by atoms with E-state index in [1.807, 2.05) is 72.8 Å². The van der Waals surface area contributed by atoms with Gasteiger partial charge < -0.3 is 9.05 Å². The van der Waals surface area contributed by atoms with Gasteiger partial charge >= 0.3 is 7.66 Å². The molecular formula is C20H12Cl4N3O2P3. The SMILES string of the molecule is ClP1(Cl)=NP(Cl)(Cl)=NP2(=N1)Oc1c(ccc3ccccc13)-c1ccc3ccccc3c1O2. The lowest BCUT2D eigenvalue weighted by atomic mass is 9.96. The van der Waals surface area contributed by atoms with Gasteiger partial charge in [-0.15, -0.1) is 9.03 Å². The fourth-order valence-corrected chi connectivity index (χ4v) is 17.8. The molecule has 0 amide bonds. The van der Waals surface area contributed by atoms with Crippen LogP contribution in [-0.2, 0) is 0 Å². The molecule has 2 heterocycles. The molecule has 2 aliphatic heterocycles. The second kappa shape index (κ2) is 7.42. The molecule has 0 aliphatic carbocycles. The summed E-state index contributed by atoms with van der Waals surface area (Å²) in [6.07, 6.45) is 0. The van der Waals surface area contributed by atoms with E-state index in [-0.39, 0.29) is 0 Å². The van der Waals surface area contributed by atoms with Gasteiger partial charge in [-0.25, -0.2) is 0 Å². The lowest BCUT2D eigenvalue weighted by Crippen LogP contribution is -1.99. The van der Waals surface area contributed by atoms with Crippen molar-refractivity contribution >= 4 is 86.0 Å². The Labute approximate surface area is 203 Å². The monoisotopic (exact) mass is 559 g/mol. The minimum atomic E-state index is -3.52. The number of nitrogens with zero attached hydrogens (tertiary/aromatic N) is 3. The average Bonchev–Trinajstić information content (AvgIpc) is 2.85. The second-order valence-electron chi connectivity index (χ2n) is 7.18. The Balaban J connectivity index is 1.79. The first-order valence-corrected chi connectivity index (χ1v) is 17.9. The van der Waals surface area contributed by atoms with Gasteiger partial charge in [-0.05, 0) is 67.9 Å². The molecule has 4 aromatic carbocycles. The van der Waals surface area contributed by atoms with Crippen LogP contribution in [0.5, 0.6) is 11.5 Å². The molecule has 0 bridgehead atoms. The van der Waals surface area contributed by atoms with Crippen molar-refractivity contribution in [3.05, 3.63) is 72.8 Å². The van der Waals surface area contributed by atoms with Gasteiger partial charge in [-0.1, -0.05) is 60.7 Å². The zero-order chi connectivity index (χ0) is 22.1. The number of rotatable bonds is 0. The molecule has 162 valence electrons. The number of benzene rings is 4. The number of halogens is 4. The molecule has 2 aliphatic rings. The van der Waals surface area contributed by atoms with E-state index in [1.54, 1.807) is 0 Å². The van der Waals surface area contributed by atoms with E-state index in [0.29, 0.717) is 11.5 Å². The molecule has 4 aromatic rings. The van der Waals surface area contributed by atoms with Gasteiger partial charge in [0, 0.05) is 21.9 Å². The van der Waals surface area contributed by atoms with Crippen molar-refractivity contribution in [3.8, 4) is 22.6 Å². The molecule has 0 unspecified atom stereocenters. The highest BCUT2D eigenvalue weighted by Crippen LogP contribution is 2.85. The lowest BCUT2D eigenvalue weighted by Gasteiger charge is -2.25. The Morgan fingerprint density at radius 2 is 1.00 bits per heavy atom. The lowest BCUT2D eigenvalue weighted by molar-refractivity contribution is 0.493. The fraction of sp³-hybridized carbons (Fsp3) is 0. The summed E-state index contributed by atoms with van der Waals surface area (Å²) < 4.78 is 26.1. The summed E-state index contributed by atoms with van der Waals surface area (Å²) in [6, 6.07) is 23.8. The number of fused-ring (bicyclic) bond motifs is 7. The molecule has 0 N–H and O–H groups in total. The van der Waals surface area contributed by atoms with Crippen molar-refractivity contribution in [1.29, 1.82) is 0 Å². The molecule has 0 fully saturated rings. The van der Waals surface area contributed by atoms with E-state index >= 15 is 0 Å². The van der Waals surface area contributed by atoms with Crippen LogP contribution < -0.4 is 9.05 Å². The predicted molar refractivity (Wildman–Crippen MR) is 140 cm³/mol. The van der Waals surface area contributed by atoms with Crippen LogP contribution in [-0.4, -0.2) is 0 Å². The Kier molecular flexibility index (Phi) is 4.96. The average molecular weight is 561 g/mol. The maximum absolute atomic E-state index is 6.51. The first-order valence-electron chi connectivity index (χ1n) is 9.38. The zero-order valence-electron chi connectivity index (χ0n) is 15.9. The van der Waals surface area contributed by atoms with Gasteiger partial charge in [-0.3, -0.25) is 0 Å². The Morgan fingerprint density at radius 1 is 0.531 bits per heavy atom. The van der Waals surface area contributed by atoms with Crippen molar-refractivity contribution in [3.63, 3.8) is 0 Å². The summed E-state index contributed by atoms with van der Waals surface area (Å²) >= 11 is 25.7. The van der Waals surface area contributed by atoms with Crippen molar-refractivity contribution in [2.24, 2.45) is 13.5 Å². The van der Waals surface area contributed by atoms with E-state index in [4.69, 9.17) is 54.0 Å². The van der Waals surface area contributed by atoms with Gasteiger partial charge in [-0.2, -0.15) is 4.52 Å². The maximum Gasteiger partial charge on any atom is 0.453 e. The summed E-state index contributed by atoms with van der Waals surface area (Å²) in [5.74, 6) is -5.40. The van der Waals surface area contributed by atoms with Crippen LogP contribution in [0.2, 0.25) is 0 Å². The Bertz CT molecular complexity index is 1530. The summed E-state index contributed by atoms with van der Waals surface area (Å²) in [5, 5.41) is 3.74. The molecule has 0 saturated carbocycles. The summed E-state index contributed by atoms with van der Waals surface area (Å²) in [5.41, 5.74) is 1.69.